The van der Waals surface area contributed by atoms with Crippen molar-refractivity contribution >= 4 is 23.2 Å². The van der Waals surface area contributed by atoms with Gasteiger partial charge in [0.1, 0.15) is 0 Å². The molecule has 1 aromatic rings. The Balaban J connectivity index is 1.98. The van der Waals surface area contributed by atoms with Gasteiger partial charge < -0.3 is 15.5 Å². The number of hydrogen-bond acceptors (Lipinski definition) is 3. The standard InChI is InChI=1S/C20H31N3O2/c1-5-23(6-2)16-11-12-18(15(4)13-16)22-20(25)19(24)21-17-10-8-7-9-14(17)3/h11-14,17H,5-10H2,1-4H3,(H,21,24)(H,22,25). The summed E-state index contributed by atoms with van der Waals surface area (Å²) in [6.45, 7) is 10.2. The van der Waals surface area contributed by atoms with Gasteiger partial charge in [0.2, 0.25) is 0 Å². The van der Waals surface area contributed by atoms with Crippen molar-refractivity contribution in [3.05, 3.63) is 23.8 Å². The third-order valence-electron chi connectivity index (χ3n) is 5.22. The molecule has 0 aliphatic heterocycles. The van der Waals surface area contributed by atoms with Crippen LogP contribution in [0.2, 0.25) is 0 Å². The van der Waals surface area contributed by atoms with Gasteiger partial charge in [-0.3, -0.25) is 9.59 Å². The van der Waals surface area contributed by atoms with Crippen LogP contribution < -0.4 is 15.5 Å². The van der Waals surface area contributed by atoms with E-state index in [1.807, 2.05) is 25.1 Å². The summed E-state index contributed by atoms with van der Waals surface area (Å²) >= 11 is 0. The Hall–Kier alpha value is -2.04. The highest BCUT2D eigenvalue weighted by Crippen LogP contribution is 2.24. The lowest BCUT2D eigenvalue weighted by Crippen LogP contribution is -2.45. The second-order valence-corrected chi connectivity index (χ2v) is 6.97. The summed E-state index contributed by atoms with van der Waals surface area (Å²) in [4.78, 5) is 26.7. The van der Waals surface area contributed by atoms with Gasteiger partial charge in [-0.25, -0.2) is 0 Å². The number of nitrogens with zero attached hydrogens (tertiary/aromatic N) is 1. The summed E-state index contributed by atoms with van der Waals surface area (Å²) in [6, 6.07) is 6.01. The number of carbonyl (C=O) groups is 2. The number of hydrogen-bond donors (Lipinski definition) is 2. The zero-order chi connectivity index (χ0) is 18.4. The minimum Gasteiger partial charge on any atom is -0.372 e. The van der Waals surface area contributed by atoms with E-state index in [9.17, 15) is 9.59 Å². The molecule has 1 fully saturated rings. The topological polar surface area (TPSA) is 61.4 Å². The second-order valence-electron chi connectivity index (χ2n) is 6.97. The SMILES string of the molecule is CCN(CC)c1ccc(NC(=O)C(=O)NC2CCCCC2C)c(C)c1. The Morgan fingerprint density at radius 1 is 1.12 bits per heavy atom. The number of nitrogens with one attached hydrogen (secondary N) is 2. The monoisotopic (exact) mass is 345 g/mol. The Morgan fingerprint density at radius 3 is 2.40 bits per heavy atom. The fourth-order valence-electron chi connectivity index (χ4n) is 3.52. The van der Waals surface area contributed by atoms with E-state index in [1.54, 1.807) is 0 Å². The molecule has 25 heavy (non-hydrogen) atoms. The highest BCUT2D eigenvalue weighted by molar-refractivity contribution is 6.39. The number of amides is 2. The number of aryl methyl sites for hydroxylation is 1. The molecule has 1 saturated carbocycles. The van der Waals surface area contributed by atoms with Crippen molar-refractivity contribution in [3.63, 3.8) is 0 Å². The lowest BCUT2D eigenvalue weighted by molar-refractivity contribution is -0.137. The minimum absolute atomic E-state index is 0.109. The highest BCUT2D eigenvalue weighted by atomic mass is 16.2. The number of rotatable bonds is 5. The van der Waals surface area contributed by atoms with Crippen LogP contribution in [0, 0.1) is 12.8 Å². The largest absolute Gasteiger partial charge is 0.372 e. The molecule has 138 valence electrons. The molecule has 2 N–H and O–H groups in total. The van der Waals surface area contributed by atoms with Crippen LogP contribution >= 0.6 is 0 Å². The molecular formula is C20H31N3O2. The second kappa shape index (κ2) is 8.88. The molecule has 0 heterocycles. The molecule has 5 heteroatoms. The van der Waals surface area contributed by atoms with Crippen LogP contribution in [-0.2, 0) is 9.59 Å². The maximum Gasteiger partial charge on any atom is 0.313 e. The van der Waals surface area contributed by atoms with E-state index in [4.69, 9.17) is 0 Å². The Morgan fingerprint density at radius 2 is 1.80 bits per heavy atom. The Labute approximate surface area is 151 Å². The Bertz CT molecular complexity index is 611. The van der Waals surface area contributed by atoms with Gasteiger partial charge in [-0.2, -0.15) is 0 Å². The average Bonchev–Trinajstić information content (AvgIpc) is 2.60. The van der Waals surface area contributed by atoms with Crippen LogP contribution in [0.5, 0.6) is 0 Å². The van der Waals surface area contributed by atoms with E-state index in [-0.39, 0.29) is 6.04 Å². The van der Waals surface area contributed by atoms with Crippen LogP contribution in [0.15, 0.2) is 18.2 Å². The van der Waals surface area contributed by atoms with Gasteiger partial charge >= 0.3 is 11.8 Å². The first-order valence-electron chi connectivity index (χ1n) is 9.43. The highest BCUT2D eigenvalue weighted by Gasteiger charge is 2.25. The molecule has 2 atom stereocenters. The quantitative estimate of drug-likeness (QED) is 0.803. The zero-order valence-electron chi connectivity index (χ0n) is 15.9. The summed E-state index contributed by atoms with van der Waals surface area (Å²) in [5.41, 5.74) is 2.77. The smallest absolute Gasteiger partial charge is 0.313 e. The average molecular weight is 345 g/mol. The predicted octanol–water partition coefficient (Wildman–Crippen LogP) is 3.47. The van der Waals surface area contributed by atoms with Crippen molar-refractivity contribution in [2.45, 2.75) is 59.4 Å². The van der Waals surface area contributed by atoms with Gasteiger partial charge in [-0.15, -0.1) is 0 Å². The molecule has 1 aromatic carbocycles. The van der Waals surface area contributed by atoms with E-state index < -0.39 is 11.8 Å². The van der Waals surface area contributed by atoms with Crippen molar-refractivity contribution < 1.29 is 9.59 Å². The van der Waals surface area contributed by atoms with Crippen molar-refractivity contribution in [3.8, 4) is 0 Å². The molecule has 0 bridgehead atoms. The summed E-state index contributed by atoms with van der Waals surface area (Å²) in [6.07, 6.45) is 4.39. The van der Waals surface area contributed by atoms with Gasteiger partial charge in [-0.05, 0) is 63.3 Å². The maximum absolute atomic E-state index is 12.2. The molecule has 2 amide bonds. The van der Waals surface area contributed by atoms with Crippen LogP contribution in [0.25, 0.3) is 0 Å². The first-order valence-corrected chi connectivity index (χ1v) is 9.43. The summed E-state index contributed by atoms with van der Waals surface area (Å²) in [7, 11) is 0. The normalized spacial score (nSPS) is 20.0. The zero-order valence-corrected chi connectivity index (χ0v) is 15.9. The van der Waals surface area contributed by atoms with Gasteiger partial charge in [0.25, 0.3) is 0 Å². The first-order chi connectivity index (χ1) is 12.0. The molecule has 2 rings (SSSR count). The molecule has 0 spiro atoms. The molecule has 0 aromatic heterocycles. The van der Waals surface area contributed by atoms with Crippen LogP contribution in [0.3, 0.4) is 0 Å². The molecule has 1 aliphatic rings. The summed E-state index contributed by atoms with van der Waals surface area (Å²) in [5, 5.41) is 5.64. The van der Waals surface area contributed by atoms with Crippen LogP contribution in [-0.4, -0.2) is 30.9 Å². The lowest BCUT2D eigenvalue weighted by Gasteiger charge is -2.29. The fraction of sp³-hybridized carbons (Fsp3) is 0.600. The molecule has 5 nitrogen and oxygen atoms in total. The summed E-state index contributed by atoms with van der Waals surface area (Å²) in [5.74, 6) is -0.692. The van der Waals surface area contributed by atoms with Gasteiger partial charge in [0, 0.05) is 30.5 Å². The molecule has 1 aliphatic carbocycles. The maximum atomic E-state index is 12.2. The molecule has 0 saturated heterocycles. The van der Waals surface area contributed by atoms with Crippen LogP contribution in [0.1, 0.15) is 52.0 Å². The lowest BCUT2D eigenvalue weighted by atomic mass is 9.86. The number of benzene rings is 1. The number of carbonyl (C=O) groups excluding carboxylic acids is 2. The van der Waals surface area contributed by atoms with E-state index in [2.05, 4.69) is 36.3 Å². The fourth-order valence-corrected chi connectivity index (χ4v) is 3.52. The Kier molecular flexibility index (Phi) is 6.85. The predicted molar refractivity (Wildman–Crippen MR) is 103 cm³/mol. The van der Waals surface area contributed by atoms with Gasteiger partial charge in [0.15, 0.2) is 0 Å². The van der Waals surface area contributed by atoms with E-state index in [1.165, 1.54) is 6.42 Å². The third kappa shape index (κ3) is 4.97. The first kappa shape index (κ1) is 19.3. The minimum atomic E-state index is -0.587. The molecular weight excluding hydrogens is 314 g/mol. The van der Waals surface area contributed by atoms with Crippen molar-refractivity contribution in [2.75, 3.05) is 23.3 Å². The van der Waals surface area contributed by atoms with E-state index in [0.29, 0.717) is 11.6 Å². The summed E-state index contributed by atoms with van der Waals surface area (Å²) < 4.78 is 0. The van der Waals surface area contributed by atoms with Crippen molar-refractivity contribution in [1.29, 1.82) is 0 Å². The van der Waals surface area contributed by atoms with Gasteiger partial charge in [0.05, 0.1) is 0 Å². The molecule has 2 unspecified atom stereocenters. The van der Waals surface area contributed by atoms with Crippen molar-refractivity contribution in [1.82, 2.24) is 5.32 Å². The number of anilines is 2. The van der Waals surface area contributed by atoms with Crippen molar-refractivity contribution in [2.24, 2.45) is 5.92 Å². The molecule has 0 radical (unpaired) electrons. The van der Waals surface area contributed by atoms with E-state index in [0.717, 1.165) is 43.6 Å². The third-order valence-corrected chi connectivity index (χ3v) is 5.22. The van der Waals surface area contributed by atoms with Gasteiger partial charge in [-0.1, -0.05) is 19.8 Å². The van der Waals surface area contributed by atoms with Crippen LogP contribution in [0.4, 0.5) is 11.4 Å². The van der Waals surface area contributed by atoms with E-state index >= 15 is 0 Å².